The number of aromatic nitrogens is 2. The first-order valence-electron chi connectivity index (χ1n) is 5.46. The number of anilines is 1. The van der Waals surface area contributed by atoms with Gasteiger partial charge in [0.05, 0.1) is 6.54 Å². The highest BCUT2D eigenvalue weighted by atomic mass is 35.5. The summed E-state index contributed by atoms with van der Waals surface area (Å²) in [5.41, 5.74) is 0. The number of rotatable bonds is 4. The predicted molar refractivity (Wildman–Crippen MR) is 72.8 cm³/mol. The Morgan fingerprint density at radius 1 is 1.41 bits per heavy atom. The van der Waals surface area contributed by atoms with Crippen molar-refractivity contribution in [2.45, 2.75) is 26.3 Å². The molecular weight excluding hydrogens is 254 g/mol. The Hall–Kier alpha value is -1.13. The lowest BCUT2D eigenvalue weighted by Crippen LogP contribution is -2.04. The maximum Gasteiger partial charge on any atom is 0.135 e. The SMILES string of the molecule is CC(C)c1nc(Cl)cc(NCc2cccs2)n1. The van der Waals surface area contributed by atoms with E-state index in [1.54, 1.807) is 17.4 Å². The van der Waals surface area contributed by atoms with Crippen LogP contribution in [0.1, 0.15) is 30.5 Å². The molecule has 1 N–H and O–H groups in total. The van der Waals surface area contributed by atoms with Crippen LogP contribution in [0, 0.1) is 0 Å². The Morgan fingerprint density at radius 3 is 2.88 bits per heavy atom. The van der Waals surface area contributed by atoms with E-state index in [4.69, 9.17) is 11.6 Å². The quantitative estimate of drug-likeness (QED) is 0.853. The van der Waals surface area contributed by atoms with Crippen molar-refractivity contribution in [1.29, 1.82) is 0 Å². The van der Waals surface area contributed by atoms with Gasteiger partial charge in [-0.05, 0) is 11.4 Å². The van der Waals surface area contributed by atoms with Gasteiger partial charge in [0, 0.05) is 16.9 Å². The molecule has 0 aliphatic rings. The molecule has 2 heterocycles. The third kappa shape index (κ3) is 3.41. The van der Waals surface area contributed by atoms with Crippen LogP contribution in [0.4, 0.5) is 5.82 Å². The molecule has 0 unspecified atom stereocenters. The number of thiophene rings is 1. The standard InChI is InChI=1S/C12H14ClN3S/c1-8(2)12-15-10(13)6-11(16-12)14-7-9-4-3-5-17-9/h3-6,8H,7H2,1-2H3,(H,14,15,16). The zero-order valence-corrected chi connectivity index (χ0v) is 11.3. The average molecular weight is 268 g/mol. The van der Waals surface area contributed by atoms with E-state index in [1.165, 1.54) is 4.88 Å². The van der Waals surface area contributed by atoms with Gasteiger partial charge in [-0.1, -0.05) is 31.5 Å². The van der Waals surface area contributed by atoms with E-state index < -0.39 is 0 Å². The van der Waals surface area contributed by atoms with Crippen molar-refractivity contribution in [3.63, 3.8) is 0 Å². The van der Waals surface area contributed by atoms with E-state index in [-0.39, 0.29) is 5.92 Å². The maximum atomic E-state index is 5.97. The second kappa shape index (κ2) is 5.47. The Labute approximate surface area is 110 Å². The van der Waals surface area contributed by atoms with Gasteiger partial charge in [-0.15, -0.1) is 11.3 Å². The van der Waals surface area contributed by atoms with E-state index in [9.17, 15) is 0 Å². The molecule has 0 aromatic carbocycles. The molecular formula is C12H14ClN3S. The molecule has 2 aromatic heterocycles. The van der Waals surface area contributed by atoms with Crippen LogP contribution in [0.25, 0.3) is 0 Å². The molecule has 3 nitrogen and oxygen atoms in total. The third-order valence-corrected chi connectivity index (χ3v) is 3.32. The van der Waals surface area contributed by atoms with Crippen molar-refractivity contribution in [3.05, 3.63) is 39.4 Å². The molecule has 90 valence electrons. The monoisotopic (exact) mass is 267 g/mol. The van der Waals surface area contributed by atoms with Crippen molar-refractivity contribution in [2.75, 3.05) is 5.32 Å². The Balaban J connectivity index is 2.10. The highest BCUT2D eigenvalue weighted by Gasteiger charge is 2.06. The summed E-state index contributed by atoms with van der Waals surface area (Å²) < 4.78 is 0. The van der Waals surface area contributed by atoms with Crippen LogP contribution in [0.5, 0.6) is 0 Å². The molecule has 0 saturated carbocycles. The average Bonchev–Trinajstić information content (AvgIpc) is 2.78. The fourth-order valence-electron chi connectivity index (χ4n) is 1.37. The van der Waals surface area contributed by atoms with Crippen LogP contribution < -0.4 is 5.32 Å². The minimum Gasteiger partial charge on any atom is -0.365 e. The summed E-state index contributed by atoms with van der Waals surface area (Å²) in [6.07, 6.45) is 0. The molecule has 0 amide bonds. The summed E-state index contributed by atoms with van der Waals surface area (Å²) in [6, 6.07) is 5.87. The molecule has 0 spiro atoms. The summed E-state index contributed by atoms with van der Waals surface area (Å²) in [7, 11) is 0. The Bertz CT molecular complexity index is 483. The minimum absolute atomic E-state index is 0.274. The van der Waals surface area contributed by atoms with Crippen molar-refractivity contribution >= 4 is 28.8 Å². The van der Waals surface area contributed by atoms with Crippen molar-refractivity contribution in [1.82, 2.24) is 9.97 Å². The fraction of sp³-hybridized carbons (Fsp3) is 0.333. The summed E-state index contributed by atoms with van der Waals surface area (Å²) in [6.45, 7) is 4.87. The van der Waals surface area contributed by atoms with Crippen LogP contribution in [0.2, 0.25) is 5.15 Å². The second-order valence-corrected chi connectivity index (χ2v) is 5.44. The van der Waals surface area contributed by atoms with Crippen LogP contribution >= 0.6 is 22.9 Å². The van der Waals surface area contributed by atoms with Crippen molar-refractivity contribution < 1.29 is 0 Å². The molecule has 0 saturated heterocycles. The van der Waals surface area contributed by atoms with E-state index in [2.05, 4.69) is 40.6 Å². The smallest absolute Gasteiger partial charge is 0.135 e. The molecule has 2 aromatic rings. The van der Waals surface area contributed by atoms with E-state index >= 15 is 0 Å². The molecule has 0 fully saturated rings. The van der Waals surface area contributed by atoms with Gasteiger partial charge in [0.25, 0.3) is 0 Å². The van der Waals surface area contributed by atoms with Gasteiger partial charge in [-0.3, -0.25) is 0 Å². The molecule has 0 aliphatic carbocycles. The van der Waals surface area contributed by atoms with Gasteiger partial charge in [0.1, 0.15) is 16.8 Å². The van der Waals surface area contributed by atoms with Crippen LogP contribution in [-0.2, 0) is 6.54 Å². The van der Waals surface area contributed by atoms with Crippen molar-refractivity contribution in [3.8, 4) is 0 Å². The third-order valence-electron chi connectivity index (χ3n) is 2.25. The highest BCUT2D eigenvalue weighted by Crippen LogP contribution is 2.18. The molecule has 2 rings (SSSR count). The van der Waals surface area contributed by atoms with E-state index in [0.717, 1.165) is 18.2 Å². The highest BCUT2D eigenvalue weighted by molar-refractivity contribution is 7.09. The maximum absolute atomic E-state index is 5.97. The van der Waals surface area contributed by atoms with Gasteiger partial charge in [0.2, 0.25) is 0 Å². The number of nitrogens with zero attached hydrogens (tertiary/aromatic N) is 2. The van der Waals surface area contributed by atoms with Crippen LogP contribution in [-0.4, -0.2) is 9.97 Å². The lowest BCUT2D eigenvalue weighted by molar-refractivity contribution is 0.774. The first-order valence-corrected chi connectivity index (χ1v) is 6.71. The lowest BCUT2D eigenvalue weighted by atomic mass is 10.2. The summed E-state index contributed by atoms with van der Waals surface area (Å²) in [5.74, 6) is 1.82. The lowest BCUT2D eigenvalue weighted by Gasteiger charge is -2.08. The zero-order valence-electron chi connectivity index (χ0n) is 9.77. The molecule has 0 radical (unpaired) electrons. The van der Waals surface area contributed by atoms with Gasteiger partial charge in [-0.25, -0.2) is 9.97 Å². The predicted octanol–water partition coefficient (Wildman–Crippen LogP) is 3.93. The Morgan fingerprint density at radius 2 is 2.24 bits per heavy atom. The number of hydrogen-bond acceptors (Lipinski definition) is 4. The minimum atomic E-state index is 0.274. The number of hydrogen-bond donors (Lipinski definition) is 1. The van der Waals surface area contributed by atoms with Gasteiger partial charge in [-0.2, -0.15) is 0 Å². The molecule has 5 heteroatoms. The zero-order chi connectivity index (χ0) is 12.3. The number of halogens is 1. The van der Waals surface area contributed by atoms with E-state index in [0.29, 0.717) is 5.15 Å². The van der Waals surface area contributed by atoms with Gasteiger partial charge < -0.3 is 5.32 Å². The second-order valence-electron chi connectivity index (χ2n) is 4.02. The molecule has 0 aliphatic heterocycles. The molecule has 17 heavy (non-hydrogen) atoms. The normalized spacial score (nSPS) is 10.8. The molecule has 0 bridgehead atoms. The fourth-order valence-corrected chi connectivity index (χ4v) is 2.21. The van der Waals surface area contributed by atoms with Crippen molar-refractivity contribution in [2.24, 2.45) is 0 Å². The van der Waals surface area contributed by atoms with Gasteiger partial charge in [0.15, 0.2) is 0 Å². The molecule has 0 atom stereocenters. The number of nitrogens with one attached hydrogen (secondary N) is 1. The Kier molecular flexibility index (Phi) is 3.97. The first-order chi connectivity index (χ1) is 8.15. The summed E-state index contributed by atoms with van der Waals surface area (Å²) in [5, 5.41) is 5.80. The van der Waals surface area contributed by atoms with E-state index in [1.807, 2.05) is 6.07 Å². The summed E-state index contributed by atoms with van der Waals surface area (Å²) >= 11 is 7.68. The van der Waals surface area contributed by atoms with Crippen LogP contribution in [0.3, 0.4) is 0 Å². The van der Waals surface area contributed by atoms with Crippen LogP contribution in [0.15, 0.2) is 23.6 Å². The van der Waals surface area contributed by atoms with Gasteiger partial charge >= 0.3 is 0 Å². The topological polar surface area (TPSA) is 37.8 Å². The largest absolute Gasteiger partial charge is 0.365 e. The summed E-state index contributed by atoms with van der Waals surface area (Å²) in [4.78, 5) is 9.90. The first kappa shape index (κ1) is 12.3.